The van der Waals surface area contributed by atoms with Crippen molar-refractivity contribution in [1.29, 1.82) is 0 Å². The number of esters is 1. The largest absolute Gasteiger partial charge is 0.454 e. The molecule has 1 aliphatic rings. The van der Waals surface area contributed by atoms with Crippen LogP contribution in [0.4, 0.5) is 0 Å². The van der Waals surface area contributed by atoms with Crippen LogP contribution in [0.3, 0.4) is 0 Å². The van der Waals surface area contributed by atoms with Crippen LogP contribution >= 0.6 is 0 Å². The molecule has 1 rings (SSSR count). The molecule has 8 unspecified atom stereocenters. The van der Waals surface area contributed by atoms with Crippen molar-refractivity contribution in [3.8, 4) is 0 Å². The zero-order valence-corrected chi connectivity index (χ0v) is 48.2. The first-order valence-corrected chi connectivity index (χ1v) is 31.1. The molecule has 6 N–H and O–H groups in total. The van der Waals surface area contributed by atoms with Gasteiger partial charge in [-0.1, -0.05) is 255 Å². The van der Waals surface area contributed by atoms with Crippen molar-refractivity contribution in [1.82, 2.24) is 5.32 Å². The molecule has 0 aliphatic carbocycles. The van der Waals surface area contributed by atoms with Gasteiger partial charge in [0.05, 0.1) is 25.4 Å². The van der Waals surface area contributed by atoms with Crippen LogP contribution in [0, 0.1) is 0 Å². The quantitative estimate of drug-likeness (QED) is 0.0195. The fourth-order valence-corrected chi connectivity index (χ4v) is 9.46. The van der Waals surface area contributed by atoms with Crippen molar-refractivity contribution in [2.75, 3.05) is 13.2 Å². The first kappa shape index (κ1) is 70.4. The predicted octanol–water partition coefficient (Wildman–Crippen LogP) is 14.6. The molecule has 75 heavy (non-hydrogen) atoms. The molecule has 0 spiro atoms. The Hall–Kier alpha value is -2.64. The summed E-state index contributed by atoms with van der Waals surface area (Å²) in [6, 6.07) is -1.03. The first-order valence-electron chi connectivity index (χ1n) is 31.1. The van der Waals surface area contributed by atoms with E-state index < -0.39 is 67.4 Å². The van der Waals surface area contributed by atoms with E-state index in [0.717, 1.165) is 89.9 Å². The molecule has 1 fully saturated rings. The molecule has 436 valence electrons. The van der Waals surface area contributed by atoms with Crippen LogP contribution in [0.2, 0.25) is 0 Å². The summed E-state index contributed by atoms with van der Waals surface area (Å²) in [4.78, 5) is 26.5. The lowest BCUT2D eigenvalue weighted by Crippen LogP contribution is -2.61. The minimum atomic E-state index is -1.62. The molecule has 8 atom stereocenters. The van der Waals surface area contributed by atoms with Crippen LogP contribution in [-0.4, -0.2) is 99.6 Å². The van der Waals surface area contributed by atoms with Crippen LogP contribution in [-0.2, 0) is 23.8 Å². The number of amides is 1. The summed E-state index contributed by atoms with van der Waals surface area (Å²) in [6.07, 6.45) is 54.0. The van der Waals surface area contributed by atoms with Gasteiger partial charge in [-0.25, -0.2) is 0 Å². The van der Waals surface area contributed by atoms with Crippen LogP contribution < -0.4 is 5.32 Å². The second kappa shape index (κ2) is 52.1. The summed E-state index contributed by atoms with van der Waals surface area (Å²) in [5.74, 6) is -1.21. The molecule has 0 saturated carbocycles. The van der Waals surface area contributed by atoms with Gasteiger partial charge in [0, 0.05) is 6.42 Å². The molecular weight excluding hydrogens is 943 g/mol. The fraction of sp³-hybridized carbons (Fsp3) is 0.812. The molecule has 0 aromatic carbocycles. The van der Waals surface area contributed by atoms with Gasteiger partial charge in [-0.2, -0.15) is 0 Å². The highest BCUT2D eigenvalue weighted by atomic mass is 16.7. The molecule has 11 heteroatoms. The van der Waals surface area contributed by atoms with Crippen LogP contribution in [0.25, 0.3) is 0 Å². The van der Waals surface area contributed by atoms with E-state index >= 15 is 0 Å². The normalized spacial score (nSPS) is 19.6. The minimum Gasteiger partial charge on any atom is -0.454 e. The van der Waals surface area contributed by atoms with E-state index in [0.29, 0.717) is 19.3 Å². The Labute approximate surface area is 458 Å². The summed E-state index contributed by atoms with van der Waals surface area (Å²) < 4.78 is 17.6. The molecule has 11 nitrogen and oxygen atoms in total. The molecule has 0 aromatic heterocycles. The Kier molecular flexibility index (Phi) is 48.9. The van der Waals surface area contributed by atoms with Crippen molar-refractivity contribution in [3.63, 3.8) is 0 Å². The van der Waals surface area contributed by atoms with E-state index in [1.54, 1.807) is 6.08 Å². The van der Waals surface area contributed by atoms with Crippen molar-refractivity contribution >= 4 is 11.9 Å². The Bertz CT molecular complexity index is 1450. The van der Waals surface area contributed by atoms with Gasteiger partial charge in [-0.3, -0.25) is 9.59 Å². The maximum atomic E-state index is 13.4. The van der Waals surface area contributed by atoms with Gasteiger partial charge in [0.2, 0.25) is 5.91 Å². The monoisotopic (exact) mass is 1060 g/mol. The van der Waals surface area contributed by atoms with Crippen LogP contribution in [0.15, 0.2) is 60.8 Å². The lowest BCUT2D eigenvalue weighted by Gasteiger charge is -2.41. The van der Waals surface area contributed by atoms with Gasteiger partial charge in [0.25, 0.3) is 0 Å². The Balaban J connectivity index is 2.67. The van der Waals surface area contributed by atoms with E-state index in [2.05, 4.69) is 74.7 Å². The van der Waals surface area contributed by atoms with Gasteiger partial charge < -0.3 is 45.1 Å². The number of nitrogens with one attached hydrogen (secondary N) is 1. The number of ether oxygens (including phenoxy) is 3. The van der Waals surface area contributed by atoms with Gasteiger partial charge in [-0.05, 0) is 70.6 Å². The smallest absolute Gasteiger partial charge is 0.306 e. The molecule has 0 bridgehead atoms. The number of hydrogen-bond donors (Lipinski definition) is 6. The van der Waals surface area contributed by atoms with E-state index in [1.807, 2.05) is 6.08 Å². The van der Waals surface area contributed by atoms with Gasteiger partial charge >= 0.3 is 5.97 Å². The topological polar surface area (TPSA) is 175 Å². The van der Waals surface area contributed by atoms with Crippen molar-refractivity contribution in [3.05, 3.63) is 60.8 Å². The fourth-order valence-electron chi connectivity index (χ4n) is 9.46. The predicted molar refractivity (Wildman–Crippen MR) is 310 cm³/mol. The lowest BCUT2D eigenvalue weighted by molar-refractivity contribution is -0.305. The zero-order chi connectivity index (χ0) is 54.7. The number of aliphatic hydroxyl groups excluding tert-OH is 5. The van der Waals surface area contributed by atoms with Gasteiger partial charge in [-0.15, -0.1) is 0 Å². The summed E-state index contributed by atoms with van der Waals surface area (Å²) in [7, 11) is 0. The summed E-state index contributed by atoms with van der Waals surface area (Å²) in [5, 5.41) is 56.9. The Morgan fingerprint density at radius 1 is 0.520 bits per heavy atom. The van der Waals surface area contributed by atoms with E-state index in [-0.39, 0.29) is 13.0 Å². The number of allylic oxidation sites excluding steroid dienone is 9. The molecule has 0 radical (unpaired) electrons. The third-order valence-electron chi connectivity index (χ3n) is 14.4. The molecule has 1 saturated heterocycles. The third-order valence-corrected chi connectivity index (χ3v) is 14.4. The maximum Gasteiger partial charge on any atom is 0.306 e. The average molecular weight is 1060 g/mol. The van der Waals surface area contributed by atoms with Gasteiger partial charge in [0.1, 0.15) is 24.4 Å². The van der Waals surface area contributed by atoms with E-state index in [9.17, 15) is 35.1 Å². The molecule has 1 heterocycles. The number of rotatable bonds is 52. The Morgan fingerprint density at radius 3 is 1.40 bits per heavy atom. The first-order chi connectivity index (χ1) is 36.7. The molecular formula is C64H115NO10. The molecule has 1 amide bonds. The van der Waals surface area contributed by atoms with Crippen LogP contribution in [0.5, 0.6) is 0 Å². The highest BCUT2D eigenvalue weighted by Crippen LogP contribution is 2.26. The second-order valence-electron chi connectivity index (χ2n) is 21.4. The number of aliphatic hydroxyl groups is 5. The van der Waals surface area contributed by atoms with Crippen molar-refractivity contribution < 1.29 is 49.3 Å². The molecule has 1 aliphatic heterocycles. The van der Waals surface area contributed by atoms with Gasteiger partial charge in [0.15, 0.2) is 12.4 Å². The average Bonchev–Trinajstić information content (AvgIpc) is 3.41. The summed E-state index contributed by atoms with van der Waals surface area (Å²) in [5.41, 5.74) is 0. The maximum absolute atomic E-state index is 13.4. The Morgan fingerprint density at radius 2 is 0.920 bits per heavy atom. The number of unbranched alkanes of at least 4 members (excludes halogenated alkanes) is 30. The lowest BCUT2D eigenvalue weighted by atomic mass is 9.99. The number of hydrogen-bond acceptors (Lipinski definition) is 10. The molecule has 0 aromatic rings. The second-order valence-corrected chi connectivity index (χ2v) is 21.4. The highest BCUT2D eigenvalue weighted by Gasteiger charge is 2.47. The van der Waals surface area contributed by atoms with E-state index in [4.69, 9.17) is 14.2 Å². The SMILES string of the molecule is CCCCC/C=C\C/C=C\C/C=C\C/C=C\CCCCCCCC(=O)OC1C(OCC(NC(=O)C(O)CCCCCCCCCCCCCCCC)C(O)/C=C/CCCCCCCCCCC)OC(CO)C(O)C1O. The number of carbonyl (C=O) groups is 2. The summed E-state index contributed by atoms with van der Waals surface area (Å²) >= 11 is 0. The number of carbonyl (C=O) groups excluding carboxylic acids is 2. The zero-order valence-electron chi connectivity index (χ0n) is 48.2. The van der Waals surface area contributed by atoms with Crippen molar-refractivity contribution in [2.24, 2.45) is 0 Å². The third kappa shape index (κ3) is 40.2. The van der Waals surface area contributed by atoms with E-state index in [1.165, 1.54) is 135 Å². The summed E-state index contributed by atoms with van der Waals surface area (Å²) in [6.45, 7) is 5.75. The minimum absolute atomic E-state index is 0.102. The van der Waals surface area contributed by atoms with Crippen molar-refractivity contribution in [2.45, 2.75) is 320 Å². The standard InChI is InChI=1S/C64H115NO10/c1-4-7-10-13-16-19-22-24-26-27-28-29-30-31-32-34-37-40-43-46-49-52-59(69)75-62-61(71)60(70)58(53-66)74-64(62)73-54-55(56(67)50-47-44-41-38-35-21-18-15-12-9-6-3)65-63(72)57(68)51-48-45-42-39-36-33-25-23-20-17-14-11-8-5-2/h16,19,24,26,28-29,31-32,47,50,55-58,60-62,64,66-68,70-71H,4-15,17-18,20-23,25,27,30,33-46,48-49,51-54H2,1-3H3,(H,65,72)/b19-16-,26-24-,29-28-,32-31-,50-47+. The highest BCUT2D eigenvalue weighted by molar-refractivity contribution is 5.80. The van der Waals surface area contributed by atoms with Crippen LogP contribution in [0.1, 0.15) is 271 Å².